The van der Waals surface area contributed by atoms with Gasteiger partial charge in [0.25, 0.3) is 0 Å². The number of nitriles is 1. The van der Waals surface area contributed by atoms with Gasteiger partial charge in [-0.2, -0.15) is 10.4 Å². The molecule has 0 unspecified atom stereocenters. The molecule has 0 saturated heterocycles. The van der Waals surface area contributed by atoms with Crippen molar-refractivity contribution in [1.82, 2.24) is 14.6 Å². The van der Waals surface area contributed by atoms with Crippen LogP contribution >= 0.6 is 0 Å². The van der Waals surface area contributed by atoms with Crippen LogP contribution in [0.5, 0.6) is 0 Å². The third-order valence-corrected chi connectivity index (χ3v) is 8.15. The Bertz CT molecular complexity index is 1490. The number of sulfonamides is 1. The molecule has 7 nitrogen and oxygen atoms in total. The summed E-state index contributed by atoms with van der Waals surface area (Å²) in [7, 11) is -3.33. The minimum Gasteiger partial charge on any atom is -0.284 e. The van der Waals surface area contributed by atoms with Crippen molar-refractivity contribution in [3.63, 3.8) is 0 Å². The zero-order valence-corrected chi connectivity index (χ0v) is 19.9. The molecule has 0 bridgehead atoms. The molecule has 1 aliphatic carbocycles. The molecule has 1 aliphatic rings. The van der Waals surface area contributed by atoms with Crippen LogP contribution in [0.2, 0.25) is 0 Å². The van der Waals surface area contributed by atoms with Crippen LogP contribution in [0.1, 0.15) is 50.6 Å². The second-order valence-corrected chi connectivity index (χ2v) is 10.9. The van der Waals surface area contributed by atoms with Crippen LogP contribution in [-0.4, -0.2) is 28.8 Å². The number of rotatable bonds is 6. The highest BCUT2D eigenvalue weighted by Gasteiger charge is 2.26. The average molecular weight is 474 g/mol. The van der Waals surface area contributed by atoms with Crippen molar-refractivity contribution in [3.05, 3.63) is 60.7 Å². The quantitative estimate of drug-likeness (QED) is 0.399. The number of fused-ring (bicyclic) bond motifs is 2. The van der Waals surface area contributed by atoms with E-state index in [1.54, 1.807) is 12.3 Å². The summed E-state index contributed by atoms with van der Waals surface area (Å²) in [6.07, 6.45) is 9.88. The molecule has 0 aliphatic heterocycles. The number of anilines is 1. The van der Waals surface area contributed by atoms with Crippen LogP contribution in [0.3, 0.4) is 0 Å². The molecule has 34 heavy (non-hydrogen) atoms. The molecule has 174 valence electrons. The van der Waals surface area contributed by atoms with E-state index in [2.05, 4.69) is 22.0 Å². The van der Waals surface area contributed by atoms with Crippen molar-refractivity contribution >= 4 is 32.0 Å². The van der Waals surface area contributed by atoms with E-state index in [-0.39, 0.29) is 11.7 Å². The van der Waals surface area contributed by atoms with Crippen molar-refractivity contribution in [3.8, 4) is 17.2 Å². The number of hydrogen-bond acceptors (Lipinski definition) is 5. The largest absolute Gasteiger partial charge is 0.284 e. The van der Waals surface area contributed by atoms with E-state index in [0.29, 0.717) is 18.0 Å². The fourth-order valence-corrected chi connectivity index (χ4v) is 6.08. The Morgan fingerprint density at radius 1 is 1.12 bits per heavy atom. The van der Waals surface area contributed by atoms with Crippen LogP contribution in [-0.2, 0) is 10.0 Å². The Hall–Kier alpha value is -3.44. The normalized spacial score (nSPS) is 18.7. The van der Waals surface area contributed by atoms with Gasteiger partial charge in [-0.15, -0.1) is 0 Å². The summed E-state index contributed by atoms with van der Waals surface area (Å²) in [6, 6.07) is 14.2. The Labute approximate surface area is 199 Å². The van der Waals surface area contributed by atoms with Gasteiger partial charge in [-0.1, -0.05) is 25.1 Å². The standard InChI is InChI=1S/C26H27N5O2S/c1-2-13-34(32,33)30-23-10-9-20-14-22(8-7-21(20)15-23)24-17-29-31-12-11-28-25(26(24)31)19-5-3-18(16-27)4-6-19/h7-12,14-15,17-19,30H,2-6,13H2,1H3/t18-,19+. The molecule has 0 amide bonds. The van der Waals surface area contributed by atoms with Crippen molar-refractivity contribution < 1.29 is 8.42 Å². The molecule has 1 saturated carbocycles. The SMILES string of the molecule is CCCS(=O)(=O)Nc1ccc2cc(-c3cnn4ccnc([C@H]5CC[C@@H](C#N)CC5)c34)ccc2c1. The lowest BCUT2D eigenvalue weighted by atomic mass is 9.80. The Morgan fingerprint density at radius 2 is 1.88 bits per heavy atom. The minimum absolute atomic E-state index is 0.104. The molecule has 8 heteroatoms. The van der Waals surface area contributed by atoms with Crippen LogP contribution in [0, 0.1) is 17.2 Å². The van der Waals surface area contributed by atoms with Crippen LogP contribution in [0.4, 0.5) is 5.69 Å². The highest BCUT2D eigenvalue weighted by Crippen LogP contribution is 2.39. The molecule has 2 aromatic heterocycles. The van der Waals surface area contributed by atoms with Gasteiger partial charge in [0, 0.05) is 35.5 Å². The Balaban J connectivity index is 1.50. The number of hydrogen-bond donors (Lipinski definition) is 1. The summed E-state index contributed by atoms with van der Waals surface area (Å²) in [4.78, 5) is 4.75. The van der Waals surface area contributed by atoms with E-state index in [4.69, 9.17) is 4.98 Å². The van der Waals surface area contributed by atoms with E-state index in [0.717, 1.165) is 58.8 Å². The van der Waals surface area contributed by atoms with Crippen molar-refractivity contribution in [2.45, 2.75) is 44.9 Å². The average Bonchev–Trinajstić information content (AvgIpc) is 3.28. The molecule has 2 aromatic carbocycles. The number of nitrogens with one attached hydrogen (secondary N) is 1. The topological polar surface area (TPSA) is 100 Å². The van der Waals surface area contributed by atoms with E-state index in [1.807, 2.05) is 48.1 Å². The van der Waals surface area contributed by atoms with Gasteiger partial charge >= 0.3 is 0 Å². The predicted octanol–water partition coefficient (Wildman–Crippen LogP) is 5.50. The van der Waals surface area contributed by atoms with Crippen molar-refractivity contribution in [1.29, 1.82) is 5.26 Å². The monoisotopic (exact) mass is 473 g/mol. The third-order valence-electron chi connectivity index (χ3n) is 6.65. The molecule has 1 fully saturated rings. The number of aromatic nitrogens is 3. The van der Waals surface area contributed by atoms with Crippen LogP contribution in [0.15, 0.2) is 55.0 Å². The van der Waals surface area contributed by atoms with Gasteiger partial charge in [0.1, 0.15) is 0 Å². The summed E-state index contributed by atoms with van der Waals surface area (Å²) < 4.78 is 28.8. The maximum atomic E-state index is 12.1. The van der Waals surface area contributed by atoms with Crippen molar-refractivity contribution in [2.24, 2.45) is 5.92 Å². The van der Waals surface area contributed by atoms with Gasteiger partial charge in [0.05, 0.1) is 29.2 Å². The van der Waals surface area contributed by atoms with E-state index < -0.39 is 10.0 Å². The van der Waals surface area contributed by atoms with Gasteiger partial charge < -0.3 is 0 Å². The summed E-state index contributed by atoms with van der Waals surface area (Å²) in [5, 5.41) is 15.8. The van der Waals surface area contributed by atoms with Crippen LogP contribution in [0.25, 0.3) is 27.4 Å². The number of benzene rings is 2. The fraction of sp³-hybridized carbons (Fsp3) is 0.346. The first kappa shape index (κ1) is 22.4. The lowest BCUT2D eigenvalue weighted by molar-refractivity contribution is 0.378. The first-order valence-corrected chi connectivity index (χ1v) is 13.4. The van der Waals surface area contributed by atoms with E-state index in [9.17, 15) is 13.7 Å². The van der Waals surface area contributed by atoms with Gasteiger partial charge in [-0.05, 0) is 66.6 Å². The predicted molar refractivity (Wildman–Crippen MR) is 134 cm³/mol. The van der Waals surface area contributed by atoms with Gasteiger partial charge in [-0.3, -0.25) is 9.71 Å². The maximum Gasteiger partial charge on any atom is 0.232 e. The summed E-state index contributed by atoms with van der Waals surface area (Å²) in [5.41, 5.74) is 4.71. The van der Waals surface area contributed by atoms with Gasteiger partial charge in [-0.25, -0.2) is 12.9 Å². The first-order chi connectivity index (χ1) is 16.5. The molecular weight excluding hydrogens is 446 g/mol. The molecule has 2 heterocycles. The smallest absolute Gasteiger partial charge is 0.232 e. The Kier molecular flexibility index (Phi) is 5.96. The highest BCUT2D eigenvalue weighted by atomic mass is 32.2. The molecule has 5 rings (SSSR count). The second kappa shape index (κ2) is 9.07. The molecule has 4 aromatic rings. The van der Waals surface area contributed by atoms with Crippen LogP contribution < -0.4 is 4.72 Å². The lowest BCUT2D eigenvalue weighted by Gasteiger charge is -2.25. The first-order valence-electron chi connectivity index (χ1n) is 11.7. The van der Waals surface area contributed by atoms with E-state index >= 15 is 0 Å². The maximum absolute atomic E-state index is 12.1. The summed E-state index contributed by atoms with van der Waals surface area (Å²) in [6.45, 7) is 1.85. The van der Waals surface area contributed by atoms with Crippen molar-refractivity contribution in [2.75, 3.05) is 10.5 Å². The molecule has 1 N–H and O–H groups in total. The lowest BCUT2D eigenvalue weighted by Crippen LogP contribution is -2.15. The molecule has 0 spiro atoms. The second-order valence-electron chi connectivity index (χ2n) is 9.04. The summed E-state index contributed by atoms with van der Waals surface area (Å²) >= 11 is 0. The minimum atomic E-state index is -3.33. The summed E-state index contributed by atoms with van der Waals surface area (Å²) in [5.74, 6) is 0.577. The molecular formula is C26H27N5O2S. The zero-order valence-electron chi connectivity index (χ0n) is 19.1. The van der Waals surface area contributed by atoms with Gasteiger partial charge in [0.2, 0.25) is 10.0 Å². The van der Waals surface area contributed by atoms with E-state index in [1.165, 1.54) is 0 Å². The van der Waals surface area contributed by atoms with Gasteiger partial charge in [0.15, 0.2) is 0 Å². The zero-order chi connectivity index (χ0) is 23.7. The third kappa shape index (κ3) is 4.36. The fourth-order valence-electron chi connectivity index (χ4n) is 4.95. The Morgan fingerprint density at radius 3 is 2.65 bits per heavy atom. The molecule has 0 atom stereocenters. The molecule has 0 radical (unpaired) electrons. The number of nitrogens with zero attached hydrogens (tertiary/aromatic N) is 4. The highest BCUT2D eigenvalue weighted by molar-refractivity contribution is 7.92.